The van der Waals surface area contributed by atoms with Gasteiger partial charge < -0.3 is 10.0 Å². The molecule has 18 heavy (non-hydrogen) atoms. The molecule has 5 heteroatoms. The molecule has 1 aliphatic rings. The zero-order valence-corrected chi connectivity index (χ0v) is 9.80. The first-order valence-corrected chi connectivity index (χ1v) is 5.81. The maximum atomic E-state index is 12.7. The van der Waals surface area contributed by atoms with Gasteiger partial charge in [-0.05, 0) is 24.1 Å². The van der Waals surface area contributed by atoms with Gasteiger partial charge in [0.1, 0.15) is 5.82 Å². The van der Waals surface area contributed by atoms with Crippen molar-refractivity contribution in [2.24, 2.45) is 5.92 Å². The molecule has 1 aliphatic heterocycles. The van der Waals surface area contributed by atoms with E-state index in [4.69, 9.17) is 5.11 Å². The standard InChI is InChI=1S/C13H14FNO3/c14-11-3-1-9(2-4-11)7-12(16)15-6-5-10(8-15)13(17)18/h1-4,10H,5-8H2,(H,17,18). The average molecular weight is 251 g/mol. The minimum atomic E-state index is -0.855. The average Bonchev–Trinajstić information content (AvgIpc) is 2.81. The summed E-state index contributed by atoms with van der Waals surface area (Å²) >= 11 is 0. The summed E-state index contributed by atoms with van der Waals surface area (Å²) in [6.45, 7) is 0.756. The minimum absolute atomic E-state index is 0.106. The van der Waals surface area contributed by atoms with E-state index in [-0.39, 0.29) is 24.7 Å². The van der Waals surface area contributed by atoms with Gasteiger partial charge in [0.25, 0.3) is 0 Å². The predicted molar refractivity (Wildman–Crippen MR) is 62.4 cm³/mol. The van der Waals surface area contributed by atoms with Crippen LogP contribution in [0.3, 0.4) is 0 Å². The van der Waals surface area contributed by atoms with E-state index < -0.39 is 11.9 Å². The molecule has 1 heterocycles. The van der Waals surface area contributed by atoms with E-state index in [0.717, 1.165) is 5.56 Å². The van der Waals surface area contributed by atoms with Crippen LogP contribution in [-0.2, 0) is 16.0 Å². The number of benzene rings is 1. The zero-order chi connectivity index (χ0) is 13.1. The van der Waals surface area contributed by atoms with Crippen molar-refractivity contribution in [3.8, 4) is 0 Å². The number of carbonyl (C=O) groups is 2. The highest BCUT2D eigenvalue weighted by atomic mass is 19.1. The van der Waals surface area contributed by atoms with Crippen molar-refractivity contribution < 1.29 is 19.1 Å². The van der Waals surface area contributed by atoms with Crippen LogP contribution in [0.2, 0.25) is 0 Å². The van der Waals surface area contributed by atoms with Crippen LogP contribution in [0.1, 0.15) is 12.0 Å². The Morgan fingerprint density at radius 3 is 2.56 bits per heavy atom. The molecular formula is C13H14FNO3. The van der Waals surface area contributed by atoms with Crippen LogP contribution in [0.5, 0.6) is 0 Å². The Bertz CT molecular complexity index is 458. The van der Waals surface area contributed by atoms with Gasteiger partial charge in [-0.25, -0.2) is 4.39 Å². The normalized spacial score (nSPS) is 18.9. The highest BCUT2D eigenvalue weighted by Crippen LogP contribution is 2.17. The number of hydrogen-bond donors (Lipinski definition) is 1. The minimum Gasteiger partial charge on any atom is -0.481 e. The highest BCUT2D eigenvalue weighted by molar-refractivity contribution is 5.80. The molecule has 4 nitrogen and oxygen atoms in total. The Balaban J connectivity index is 1.93. The SMILES string of the molecule is O=C(O)C1CCN(C(=O)Cc2ccc(F)cc2)C1. The summed E-state index contributed by atoms with van der Waals surface area (Å²) in [5.74, 6) is -1.75. The van der Waals surface area contributed by atoms with Gasteiger partial charge in [-0.1, -0.05) is 12.1 Å². The van der Waals surface area contributed by atoms with Gasteiger partial charge in [-0.2, -0.15) is 0 Å². The molecule has 0 aromatic heterocycles. The fourth-order valence-electron chi connectivity index (χ4n) is 2.08. The van der Waals surface area contributed by atoms with Crippen LogP contribution in [0.4, 0.5) is 4.39 Å². The van der Waals surface area contributed by atoms with Crippen LogP contribution >= 0.6 is 0 Å². The molecule has 1 aromatic rings. The summed E-state index contributed by atoms with van der Waals surface area (Å²) in [7, 11) is 0. The van der Waals surface area contributed by atoms with Gasteiger partial charge in [-0.15, -0.1) is 0 Å². The summed E-state index contributed by atoms with van der Waals surface area (Å²) in [6, 6.07) is 5.76. The Morgan fingerprint density at radius 1 is 1.33 bits per heavy atom. The first-order chi connectivity index (χ1) is 8.56. The molecule has 1 saturated heterocycles. The lowest BCUT2D eigenvalue weighted by Crippen LogP contribution is -2.31. The third kappa shape index (κ3) is 2.85. The quantitative estimate of drug-likeness (QED) is 0.881. The van der Waals surface area contributed by atoms with E-state index in [1.54, 1.807) is 17.0 Å². The Labute approximate surface area is 104 Å². The lowest BCUT2D eigenvalue weighted by atomic mass is 10.1. The molecule has 1 amide bonds. The van der Waals surface area contributed by atoms with Crippen molar-refractivity contribution in [1.29, 1.82) is 0 Å². The predicted octanol–water partition coefficient (Wildman–Crippen LogP) is 1.30. The third-order valence-corrected chi connectivity index (χ3v) is 3.16. The molecule has 1 unspecified atom stereocenters. The molecular weight excluding hydrogens is 237 g/mol. The molecule has 96 valence electrons. The van der Waals surface area contributed by atoms with Gasteiger partial charge in [-0.3, -0.25) is 9.59 Å². The van der Waals surface area contributed by atoms with Crippen molar-refractivity contribution in [2.75, 3.05) is 13.1 Å². The number of carboxylic acid groups (broad SMARTS) is 1. The van der Waals surface area contributed by atoms with Crippen LogP contribution in [0.25, 0.3) is 0 Å². The van der Waals surface area contributed by atoms with Gasteiger partial charge in [0.2, 0.25) is 5.91 Å². The topological polar surface area (TPSA) is 57.6 Å². The number of halogens is 1. The second-order valence-electron chi connectivity index (χ2n) is 4.47. The summed E-state index contributed by atoms with van der Waals surface area (Å²) in [5, 5.41) is 8.85. The molecule has 0 aliphatic carbocycles. The number of nitrogens with zero attached hydrogens (tertiary/aromatic N) is 1. The van der Waals surface area contributed by atoms with Gasteiger partial charge in [0.15, 0.2) is 0 Å². The lowest BCUT2D eigenvalue weighted by Gasteiger charge is -2.15. The molecule has 1 aromatic carbocycles. The number of amides is 1. The molecule has 0 radical (unpaired) electrons. The molecule has 1 atom stereocenters. The highest BCUT2D eigenvalue weighted by Gasteiger charge is 2.30. The van der Waals surface area contributed by atoms with E-state index in [0.29, 0.717) is 13.0 Å². The second kappa shape index (κ2) is 5.16. The monoisotopic (exact) mass is 251 g/mol. The number of likely N-dealkylation sites (tertiary alicyclic amines) is 1. The summed E-state index contributed by atoms with van der Waals surface area (Å²) in [4.78, 5) is 24.3. The Morgan fingerprint density at radius 2 is 2.00 bits per heavy atom. The Hall–Kier alpha value is -1.91. The summed E-state index contributed by atoms with van der Waals surface area (Å²) in [6.07, 6.45) is 0.692. The number of carboxylic acids is 1. The molecule has 2 rings (SSSR count). The maximum Gasteiger partial charge on any atom is 0.308 e. The third-order valence-electron chi connectivity index (χ3n) is 3.16. The van der Waals surface area contributed by atoms with Crippen molar-refractivity contribution in [1.82, 2.24) is 4.90 Å². The van der Waals surface area contributed by atoms with E-state index in [1.165, 1.54) is 12.1 Å². The number of rotatable bonds is 3. The molecule has 0 spiro atoms. The van der Waals surface area contributed by atoms with Crippen molar-refractivity contribution in [3.63, 3.8) is 0 Å². The van der Waals surface area contributed by atoms with Crippen LogP contribution in [-0.4, -0.2) is 35.0 Å². The first kappa shape index (κ1) is 12.5. The van der Waals surface area contributed by atoms with E-state index >= 15 is 0 Å². The van der Waals surface area contributed by atoms with Crippen LogP contribution in [0.15, 0.2) is 24.3 Å². The van der Waals surface area contributed by atoms with Crippen molar-refractivity contribution in [2.45, 2.75) is 12.8 Å². The Kier molecular flexibility index (Phi) is 3.60. The lowest BCUT2D eigenvalue weighted by molar-refractivity contribution is -0.141. The van der Waals surface area contributed by atoms with Crippen molar-refractivity contribution in [3.05, 3.63) is 35.6 Å². The fraction of sp³-hybridized carbons (Fsp3) is 0.385. The molecule has 1 fully saturated rings. The van der Waals surface area contributed by atoms with Crippen LogP contribution < -0.4 is 0 Å². The van der Waals surface area contributed by atoms with Gasteiger partial charge in [0.05, 0.1) is 12.3 Å². The van der Waals surface area contributed by atoms with E-state index in [1.807, 2.05) is 0 Å². The van der Waals surface area contributed by atoms with E-state index in [2.05, 4.69) is 0 Å². The fourth-order valence-corrected chi connectivity index (χ4v) is 2.08. The zero-order valence-electron chi connectivity index (χ0n) is 9.80. The first-order valence-electron chi connectivity index (χ1n) is 5.81. The summed E-state index contributed by atoms with van der Waals surface area (Å²) in [5.41, 5.74) is 0.736. The van der Waals surface area contributed by atoms with E-state index in [9.17, 15) is 14.0 Å². The van der Waals surface area contributed by atoms with Crippen LogP contribution in [0, 0.1) is 11.7 Å². The largest absolute Gasteiger partial charge is 0.481 e. The maximum absolute atomic E-state index is 12.7. The number of hydrogen-bond acceptors (Lipinski definition) is 2. The van der Waals surface area contributed by atoms with Gasteiger partial charge >= 0.3 is 5.97 Å². The van der Waals surface area contributed by atoms with Gasteiger partial charge in [0, 0.05) is 13.1 Å². The number of aliphatic carboxylic acids is 1. The second-order valence-corrected chi connectivity index (χ2v) is 4.47. The molecule has 1 N–H and O–H groups in total. The summed E-state index contributed by atoms with van der Waals surface area (Å²) < 4.78 is 12.7. The number of carbonyl (C=O) groups excluding carboxylic acids is 1. The molecule has 0 saturated carbocycles. The van der Waals surface area contributed by atoms with Crippen molar-refractivity contribution >= 4 is 11.9 Å². The molecule has 0 bridgehead atoms. The smallest absolute Gasteiger partial charge is 0.308 e.